The Morgan fingerprint density at radius 2 is 2.12 bits per heavy atom. The van der Waals surface area contributed by atoms with Crippen LogP contribution in [0.25, 0.3) is 0 Å². The molecule has 5 heteroatoms. The standard InChI is InChI=1S/C20H28N2O3/c23-20(25-14-15-4-2-1-3-5-15)22-8-9-24-18(13-22)12-21-19-11-16-6-7-17(19)10-16/h1-5,16-19,21H,6-14H2. The molecule has 1 amide bonds. The van der Waals surface area contributed by atoms with E-state index in [1.807, 2.05) is 30.3 Å². The summed E-state index contributed by atoms with van der Waals surface area (Å²) < 4.78 is 11.3. The molecule has 1 aromatic rings. The van der Waals surface area contributed by atoms with Gasteiger partial charge in [0.25, 0.3) is 0 Å². The third kappa shape index (κ3) is 4.15. The van der Waals surface area contributed by atoms with Gasteiger partial charge in [-0.25, -0.2) is 4.79 Å². The number of morpholine rings is 1. The molecule has 0 radical (unpaired) electrons. The number of carbonyl (C=O) groups excluding carboxylic acids is 1. The zero-order valence-electron chi connectivity index (χ0n) is 14.7. The van der Waals surface area contributed by atoms with Crippen molar-refractivity contribution in [1.82, 2.24) is 10.2 Å². The van der Waals surface area contributed by atoms with Gasteiger partial charge in [0.05, 0.1) is 19.3 Å². The van der Waals surface area contributed by atoms with E-state index in [1.54, 1.807) is 4.90 Å². The van der Waals surface area contributed by atoms with Gasteiger partial charge < -0.3 is 19.7 Å². The zero-order chi connectivity index (χ0) is 17.1. The molecular weight excluding hydrogens is 316 g/mol. The summed E-state index contributed by atoms with van der Waals surface area (Å²) in [6.45, 7) is 2.96. The normalized spacial score (nSPS) is 31.3. The molecule has 4 rings (SSSR count). The van der Waals surface area contributed by atoms with Crippen LogP contribution in [0.4, 0.5) is 4.79 Å². The first kappa shape index (κ1) is 16.9. The largest absolute Gasteiger partial charge is 0.445 e. The molecule has 2 saturated carbocycles. The summed E-state index contributed by atoms with van der Waals surface area (Å²) in [6, 6.07) is 10.5. The number of carbonyl (C=O) groups is 1. The molecule has 1 aromatic carbocycles. The minimum absolute atomic E-state index is 0.0668. The molecule has 3 aliphatic rings. The SMILES string of the molecule is O=C(OCc1ccccc1)N1CCOC(CNC2CC3CCC2C3)C1. The summed E-state index contributed by atoms with van der Waals surface area (Å²) in [5.41, 5.74) is 1.01. The molecule has 1 aliphatic heterocycles. The van der Waals surface area contributed by atoms with E-state index in [9.17, 15) is 4.79 Å². The molecule has 3 fully saturated rings. The highest BCUT2D eigenvalue weighted by atomic mass is 16.6. The molecule has 4 atom stereocenters. The van der Waals surface area contributed by atoms with E-state index in [0.717, 1.165) is 23.9 Å². The molecule has 1 N–H and O–H groups in total. The number of hydrogen-bond acceptors (Lipinski definition) is 4. The number of fused-ring (bicyclic) bond motifs is 2. The Morgan fingerprint density at radius 3 is 2.88 bits per heavy atom. The highest BCUT2D eigenvalue weighted by Gasteiger charge is 2.39. The zero-order valence-corrected chi connectivity index (χ0v) is 14.7. The van der Waals surface area contributed by atoms with Gasteiger partial charge >= 0.3 is 6.09 Å². The van der Waals surface area contributed by atoms with Crippen LogP contribution in [0.5, 0.6) is 0 Å². The van der Waals surface area contributed by atoms with Crippen molar-refractivity contribution in [2.45, 2.75) is 44.4 Å². The Hall–Kier alpha value is -1.59. The second-order valence-corrected chi connectivity index (χ2v) is 7.67. The first-order valence-electron chi connectivity index (χ1n) is 9.58. The van der Waals surface area contributed by atoms with E-state index in [0.29, 0.717) is 32.3 Å². The third-order valence-corrected chi connectivity index (χ3v) is 5.95. The predicted octanol–water partition coefficient (Wildman–Crippen LogP) is 2.80. The number of amides is 1. The van der Waals surface area contributed by atoms with Gasteiger partial charge in [-0.3, -0.25) is 0 Å². The maximum Gasteiger partial charge on any atom is 0.410 e. The fourth-order valence-corrected chi connectivity index (χ4v) is 4.60. The van der Waals surface area contributed by atoms with Gasteiger partial charge in [0.2, 0.25) is 0 Å². The van der Waals surface area contributed by atoms with E-state index in [2.05, 4.69) is 5.32 Å². The van der Waals surface area contributed by atoms with Gasteiger partial charge in [0, 0.05) is 19.1 Å². The Balaban J connectivity index is 1.21. The Morgan fingerprint density at radius 1 is 1.24 bits per heavy atom. The molecule has 25 heavy (non-hydrogen) atoms. The molecule has 1 saturated heterocycles. The van der Waals surface area contributed by atoms with Gasteiger partial charge in [-0.05, 0) is 36.7 Å². The van der Waals surface area contributed by atoms with Crippen molar-refractivity contribution in [2.24, 2.45) is 11.8 Å². The smallest absolute Gasteiger partial charge is 0.410 e. The molecule has 5 nitrogen and oxygen atoms in total. The fourth-order valence-electron chi connectivity index (χ4n) is 4.60. The lowest BCUT2D eigenvalue weighted by Gasteiger charge is -2.33. The van der Waals surface area contributed by atoms with E-state index in [1.165, 1.54) is 25.7 Å². The van der Waals surface area contributed by atoms with Crippen LogP contribution in [-0.4, -0.2) is 49.4 Å². The lowest BCUT2D eigenvalue weighted by atomic mass is 9.95. The Bertz CT molecular complexity index is 580. The van der Waals surface area contributed by atoms with Crippen molar-refractivity contribution in [3.63, 3.8) is 0 Å². The van der Waals surface area contributed by atoms with Crippen LogP contribution in [-0.2, 0) is 16.1 Å². The van der Waals surface area contributed by atoms with Crippen molar-refractivity contribution in [3.05, 3.63) is 35.9 Å². The lowest BCUT2D eigenvalue weighted by Crippen LogP contribution is -2.50. The molecule has 0 aromatic heterocycles. The van der Waals surface area contributed by atoms with Crippen LogP contribution < -0.4 is 5.32 Å². The molecular formula is C20H28N2O3. The monoisotopic (exact) mass is 344 g/mol. The second kappa shape index (κ2) is 7.75. The van der Waals surface area contributed by atoms with E-state index in [-0.39, 0.29) is 12.2 Å². The number of nitrogens with one attached hydrogen (secondary N) is 1. The van der Waals surface area contributed by atoms with E-state index >= 15 is 0 Å². The minimum atomic E-state index is -0.239. The van der Waals surface area contributed by atoms with Gasteiger partial charge in [-0.1, -0.05) is 36.8 Å². The summed E-state index contributed by atoms with van der Waals surface area (Å²) in [7, 11) is 0. The summed E-state index contributed by atoms with van der Waals surface area (Å²) in [6.07, 6.45) is 5.35. The predicted molar refractivity (Wildman–Crippen MR) is 95.2 cm³/mol. The Labute approximate surface area is 149 Å². The number of rotatable bonds is 5. The number of ether oxygens (including phenoxy) is 2. The van der Waals surface area contributed by atoms with Crippen LogP contribution in [0.1, 0.15) is 31.2 Å². The van der Waals surface area contributed by atoms with Crippen molar-refractivity contribution in [1.29, 1.82) is 0 Å². The molecule has 4 unspecified atom stereocenters. The van der Waals surface area contributed by atoms with Gasteiger partial charge in [0.15, 0.2) is 0 Å². The minimum Gasteiger partial charge on any atom is -0.445 e. The summed E-state index contributed by atoms with van der Waals surface area (Å²) in [4.78, 5) is 14.1. The van der Waals surface area contributed by atoms with E-state index in [4.69, 9.17) is 9.47 Å². The van der Waals surface area contributed by atoms with Gasteiger partial charge in [-0.15, -0.1) is 0 Å². The van der Waals surface area contributed by atoms with Gasteiger partial charge in [-0.2, -0.15) is 0 Å². The first-order chi connectivity index (χ1) is 12.3. The van der Waals surface area contributed by atoms with Crippen LogP contribution in [0.2, 0.25) is 0 Å². The molecule has 1 heterocycles. The van der Waals surface area contributed by atoms with E-state index < -0.39 is 0 Å². The molecule has 136 valence electrons. The maximum atomic E-state index is 12.3. The summed E-state index contributed by atoms with van der Waals surface area (Å²) in [5, 5.41) is 3.70. The molecule has 0 spiro atoms. The average molecular weight is 344 g/mol. The van der Waals surface area contributed by atoms with Crippen LogP contribution in [0.3, 0.4) is 0 Å². The average Bonchev–Trinajstić information content (AvgIpc) is 3.29. The number of hydrogen-bond donors (Lipinski definition) is 1. The number of nitrogens with zero attached hydrogens (tertiary/aromatic N) is 1. The fraction of sp³-hybridized carbons (Fsp3) is 0.650. The molecule has 2 aliphatic carbocycles. The highest BCUT2D eigenvalue weighted by molar-refractivity contribution is 5.67. The van der Waals surface area contributed by atoms with Crippen LogP contribution >= 0.6 is 0 Å². The lowest BCUT2D eigenvalue weighted by molar-refractivity contribution is -0.0285. The Kier molecular flexibility index (Phi) is 5.22. The van der Waals surface area contributed by atoms with Crippen LogP contribution in [0.15, 0.2) is 30.3 Å². The maximum absolute atomic E-state index is 12.3. The van der Waals surface area contributed by atoms with Crippen LogP contribution in [0, 0.1) is 11.8 Å². The quantitative estimate of drug-likeness (QED) is 0.892. The van der Waals surface area contributed by atoms with Crippen molar-refractivity contribution in [2.75, 3.05) is 26.2 Å². The second-order valence-electron chi connectivity index (χ2n) is 7.67. The van der Waals surface area contributed by atoms with Gasteiger partial charge in [0.1, 0.15) is 6.61 Å². The number of benzene rings is 1. The third-order valence-electron chi connectivity index (χ3n) is 5.95. The summed E-state index contributed by atoms with van der Waals surface area (Å²) in [5.74, 6) is 1.81. The summed E-state index contributed by atoms with van der Waals surface area (Å²) >= 11 is 0. The highest BCUT2D eigenvalue weighted by Crippen LogP contribution is 2.44. The molecule has 2 bridgehead atoms. The van der Waals surface area contributed by atoms with Crippen molar-refractivity contribution in [3.8, 4) is 0 Å². The topological polar surface area (TPSA) is 50.8 Å². The van der Waals surface area contributed by atoms with Crippen molar-refractivity contribution >= 4 is 6.09 Å². The first-order valence-corrected chi connectivity index (χ1v) is 9.58. The van der Waals surface area contributed by atoms with Crippen molar-refractivity contribution < 1.29 is 14.3 Å².